The van der Waals surface area contributed by atoms with Crippen molar-refractivity contribution in [2.24, 2.45) is 0 Å². The molecule has 2 aromatic rings. The van der Waals surface area contributed by atoms with Crippen LogP contribution < -0.4 is 15.4 Å². The van der Waals surface area contributed by atoms with Gasteiger partial charge in [-0.3, -0.25) is 9.59 Å². The minimum atomic E-state index is -0.426. The van der Waals surface area contributed by atoms with Gasteiger partial charge >= 0.3 is 0 Å². The van der Waals surface area contributed by atoms with Crippen molar-refractivity contribution in [2.75, 3.05) is 6.61 Å². The summed E-state index contributed by atoms with van der Waals surface area (Å²) in [4.78, 5) is 28.1. The zero-order chi connectivity index (χ0) is 19.6. The number of ether oxygens (including phenoxy) is 1. The van der Waals surface area contributed by atoms with Crippen LogP contribution in [0.5, 0.6) is 5.88 Å². The molecule has 0 aliphatic heterocycles. The second kappa shape index (κ2) is 10.5. The first-order chi connectivity index (χ1) is 13.0. The average molecular weight is 390 g/mol. The number of nitrogens with zero attached hydrogens (tertiary/aromatic N) is 1. The number of hydrogen-bond acceptors (Lipinski definition) is 4. The summed E-state index contributed by atoms with van der Waals surface area (Å²) in [6, 6.07) is 10.3. The Hall–Kier alpha value is -2.60. The molecule has 2 rings (SSSR count). The van der Waals surface area contributed by atoms with Crippen LogP contribution in [0.25, 0.3) is 0 Å². The van der Waals surface area contributed by atoms with Crippen molar-refractivity contribution >= 4 is 23.4 Å². The largest absolute Gasteiger partial charge is 0.477 e. The molecule has 1 aromatic carbocycles. The number of carbonyl (C=O) groups is 2. The molecule has 144 valence electrons. The fourth-order valence-corrected chi connectivity index (χ4v) is 2.66. The van der Waals surface area contributed by atoms with E-state index in [1.165, 1.54) is 6.92 Å². The average Bonchev–Trinajstić information content (AvgIpc) is 2.65. The van der Waals surface area contributed by atoms with Crippen molar-refractivity contribution in [1.29, 1.82) is 0 Å². The van der Waals surface area contributed by atoms with E-state index >= 15 is 0 Å². The molecule has 1 atom stereocenters. The maximum absolute atomic E-state index is 12.4. The summed E-state index contributed by atoms with van der Waals surface area (Å²) in [7, 11) is 0. The quantitative estimate of drug-likeness (QED) is 0.688. The smallest absolute Gasteiger partial charge is 0.222 e. The summed E-state index contributed by atoms with van der Waals surface area (Å²) >= 11 is 5.91. The Morgan fingerprint density at radius 3 is 2.63 bits per heavy atom. The number of rotatable bonds is 9. The summed E-state index contributed by atoms with van der Waals surface area (Å²) in [6.07, 6.45) is 2.65. The van der Waals surface area contributed by atoms with Gasteiger partial charge in [0.15, 0.2) is 0 Å². The third-order valence-electron chi connectivity index (χ3n) is 3.81. The van der Waals surface area contributed by atoms with Gasteiger partial charge in [0.2, 0.25) is 17.7 Å². The molecule has 27 heavy (non-hydrogen) atoms. The topological polar surface area (TPSA) is 80.3 Å². The summed E-state index contributed by atoms with van der Waals surface area (Å²) in [5, 5.41) is 6.27. The lowest BCUT2D eigenvalue weighted by molar-refractivity contribution is -0.122. The van der Waals surface area contributed by atoms with Crippen LogP contribution >= 0.6 is 11.6 Å². The third-order valence-corrected chi connectivity index (χ3v) is 4.06. The molecular weight excluding hydrogens is 366 g/mol. The Bertz CT molecular complexity index is 765. The summed E-state index contributed by atoms with van der Waals surface area (Å²) in [5.74, 6) is 0.134. The minimum Gasteiger partial charge on any atom is -0.477 e. The number of aromatic nitrogens is 1. The monoisotopic (exact) mass is 389 g/mol. The highest BCUT2D eigenvalue weighted by Gasteiger charge is 2.17. The van der Waals surface area contributed by atoms with Gasteiger partial charge in [-0.25, -0.2) is 4.98 Å². The Balaban J connectivity index is 1.99. The Morgan fingerprint density at radius 1 is 1.22 bits per heavy atom. The first-order valence-electron chi connectivity index (χ1n) is 8.85. The molecule has 6 nitrogen and oxygen atoms in total. The van der Waals surface area contributed by atoms with Gasteiger partial charge < -0.3 is 15.4 Å². The van der Waals surface area contributed by atoms with E-state index in [0.29, 0.717) is 24.1 Å². The highest BCUT2D eigenvalue weighted by molar-refractivity contribution is 6.30. The third kappa shape index (κ3) is 6.90. The Morgan fingerprint density at radius 2 is 1.96 bits per heavy atom. The van der Waals surface area contributed by atoms with Crippen LogP contribution in [0.1, 0.15) is 43.9 Å². The highest BCUT2D eigenvalue weighted by Crippen LogP contribution is 2.20. The first-order valence-corrected chi connectivity index (χ1v) is 9.23. The zero-order valence-electron chi connectivity index (χ0n) is 15.5. The van der Waals surface area contributed by atoms with Crippen LogP contribution in [0.15, 0.2) is 42.6 Å². The first kappa shape index (κ1) is 20.7. The van der Waals surface area contributed by atoms with E-state index in [-0.39, 0.29) is 18.2 Å². The van der Waals surface area contributed by atoms with Crippen LogP contribution in [-0.2, 0) is 16.1 Å². The number of pyridine rings is 1. The van der Waals surface area contributed by atoms with E-state index in [4.69, 9.17) is 16.3 Å². The van der Waals surface area contributed by atoms with Crippen LogP contribution in [0.3, 0.4) is 0 Å². The number of carbonyl (C=O) groups excluding carboxylic acids is 2. The van der Waals surface area contributed by atoms with Gasteiger partial charge in [0, 0.05) is 30.3 Å². The van der Waals surface area contributed by atoms with E-state index in [0.717, 1.165) is 17.5 Å². The molecule has 2 N–H and O–H groups in total. The van der Waals surface area contributed by atoms with Crippen molar-refractivity contribution in [2.45, 2.75) is 39.3 Å². The molecular formula is C20H24ClN3O3. The number of halogens is 1. The molecule has 1 unspecified atom stereocenters. The Labute approximate surface area is 164 Å². The van der Waals surface area contributed by atoms with E-state index in [1.807, 2.05) is 13.0 Å². The van der Waals surface area contributed by atoms with Gasteiger partial charge in [0.25, 0.3) is 0 Å². The lowest BCUT2D eigenvalue weighted by atomic mass is 10.0. The van der Waals surface area contributed by atoms with Gasteiger partial charge in [-0.1, -0.05) is 36.7 Å². The lowest BCUT2D eigenvalue weighted by Crippen LogP contribution is -2.32. The predicted molar refractivity (Wildman–Crippen MR) is 104 cm³/mol. The SMILES string of the molecule is CCCOc1ncccc1CNC(=O)CC(NC(C)=O)c1ccc(Cl)cc1. The zero-order valence-corrected chi connectivity index (χ0v) is 16.3. The molecule has 7 heteroatoms. The second-order valence-electron chi connectivity index (χ2n) is 6.10. The lowest BCUT2D eigenvalue weighted by Gasteiger charge is -2.18. The van der Waals surface area contributed by atoms with Crippen LogP contribution in [0.2, 0.25) is 5.02 Å². The minimum absolute atomic E-state index is 0.118. The number of nitrogens with one attached hydrogen (secondary N) is 2. The molecule has 0 saturated heterocycles. The standard InChI is InChI=1S/C20H24ClN3O3/c1-3-11-27-20-16(5-4-10-22-20)13-23-19(26)12-18(24-14(2)25)15-6-8-17(21)9-7-15/h4-10,18H,3,11-13H2,1-2H3,(H,23,26)(H,24,25). The molecule has 0 fully saturated rings. The Kier molecular flexibility index (Phi) is 8.07. The van der Waals surface area contributed by atoms with E-state index in [9.17, 15) is 9.59 Å². The fraction of sp³-hybridized carbons (Fsp3) is 0.350. The summed E-state index contributed by atoms with van der Waals surface area (Å²) in [6.45, 7) is 4.31. The number of hydrogen-bond donors (Lipinski definition) is 2. The van der Waals surface area contributed by atoms with E-state index in [1.54, 1.807) is 36.5 Å². The molecule has 1 aromatic heterocycles. The summed E-state index contributed by atoms with van der Waals surface area (Å²) in [5.41, 5.74) is 1.62. The van der Waals surface area contributed by atoms with Gasteiger partial charge in [-0.15, -0.1) is 0 Å². The normalized spacial score (nSPS) is 11.5. The van der Waals surface area contributed by atoms with Gasteiger partial charge in [0.1, 0.15) is 0 Å². The summed E-state index contributed by atoms with van der Waals surface area (Å²) < 4.78 is 5.60. The predicted octanol–water partition coefficient (Wildman–Crippen LogP) is 3.41. The van der Waals surface area contributed by atoms with Gasteiger partial charge in [0.05, 0.1) is 19.1 Å². The van der Waals surface area contributed by atoms with Crippen molar-refractivity contribution in [1.82, 2.24) is 15.6 Å². The number of benzene rings is 1. The molecule has 0 radical (unpaired) electrons. The maximum Gasteiger partial charge on any atom is 0.222 e. The van der Waals surface area contributed by atoms with Crippen molar-refractivity contribution < 1.29 is 14.3 Å². The van der Waals surface area contributed by atoms with Crippen molar-refractivity contribution in [3.63, 3.8) is 0 Å². The van der Waals surface area contributed by atoms with Gasteiger partial charge in [-0.2, -0.15) is 0 Å². The van der Waals surface area contributed by atoms with Crippen LogP contribution in [0, 0.1) is 0 Å². The fourth-order valence-electron chi connectivity index (χ4n) is 2.53. The van der Waals surface area contributed by atoms with Crippen LogP contribution in [-0.4, -0.2) is 23.4 Å². The number of amides is 2. The van der Waals surface area contributed by atoms with Gasteiger partial charge in [-0.05, 0) is 30.2 Å². The van der Waals surface area contributed by atoms with Crippen LogP contribution in [0.4, 0.5) is 0 Å². The second-order valence-corrected chi connectivity index (χ2v) is 6.54. The van der Waals surface area contributed by atoms with Crippen molar-refractivity contribution in [3.8, 4) is 5.88 Å². The molecule has 0 saturated carbocycles. The van der Waals surface area contributed by atoms with E-state index in [2.05, 4.69) is 15.6 Å². The molecule has 2 amide bonds. The molecule has 0 aliphatic rings. The molecule has 1 heterocycles. The van der Waals surface area contributed by atoms with Crippen molar-refractivity contribution in [3.05, 3.63) is 58.7 Å². The highest BCUT2D eigenvalue weighted by atomic mass is 35.5. The maximum atomic E-state index is 12.4. The molecule has 0 bridgehead atoms. The molecule has 0 aliphatic carbocycles. The van der Waals surface area contributed by atoms with E-state index < -0.39 is 6.04 Å². The molecule has 0 spiro atoms.